The Kier molecular flexibility index (Phi) is 4.44. The van der Waals surface area contributed by atoms with Gasteiger partial charge in [-0.1, -0.05) is 18.2 Å². The van der Waals surface area contributed by atoms with Gasteiger partial charge in [-0.2, -0.15) is 0 Å². The maximum absolute atomic E-state index is 10.2. The van der Waals surface area contributed by atoms with Crippen LogP contribution in [0.15, 0.2) is 24.3 Å². The second-order valence-electron chi connectivity index (χ2n) is 1.36. The second kappa shape index (κ2) is 5.05. The lowest BCUT2D eigenvalue weighted by Gasteiger charge is -1.83. The molecular formula is C6H9NO2. The van der Waals surface area contributed by atoms with E-state index in [1.807, 2.05) is 6.92 Å². The Morgan fingerprint density at radius 2 is 2.22 bits per heavy atom. The van der Waals surface area contributed by atoms with Gasteiger partial charge in [0, 0.05) is 6.08 Å². The molecule has 3 nitrogen and oxygen atoms in total. The largest absolute Gasteiger partial charge is 0.288 e. The summed E-state index contributed by atoms with van der Waals surface area (Å²) in [6, 6.07) is 0. The van der Waals surface area contributed by atoms with Crippen molar-refractivity contribution in [2.45, 2.75) is 6.92 Å². The molecule has 0 aliphatic rings. The number of hydroxylamine groups is 1. The van der Waals surface area contributed by atoms with Crippen molar-refractivity contribution in [1.29, 1.82) is 0 Å². The van der Waals surface area contributed by atoms with E-state index < -0.39 is 5.91 Å². The molecule has 1 amide bonds. The molecule has 0 aromatic carbocycles. The molecular weight excluding hydrogens is 118 g/mol. The summed E-state index contributed by atoms with van der Waals surface area (Å²) in [4.78, 5) is 10.2. The number of hydrogen-bond acceptors (Lipinski definition) is 2. The van der Waals surface area contributed by atoms with E-state index in [0.29, 0.717) is 0 Å². The minimum absolute atomic E-state index is 0.520. The van der Waals surface area contributed by atoms with E-state index in [1.165, 1.54) is 17.6 Å². The quantitative estimate of drug-likeness (QED) is 0.247. The number of nitrogens with one attached hydrogen (secondary N) is 1. The van der Waals surface area contributed by atoms with Gasteiger partial charge in [-0.25, -0.2) is 5.48 Å². The summed E-state index contributed by atoms with van der Waals surface area (Å²) in [5.41, 5.74) is 1.46. The van der Waals surface area contributed by atoms with Gasteiger partial charge >= 0.3 is 0 Å². The maximum Gasteiger partial charge on any atom is 0.267 e. The van der Waals surface area contributed by atoms with Crippen LogP contribution >= 0.6 is 0 Å². The van der Waals surface area contributed by atoms with Crippen molar-refractivity contribution in [3.8, 4) is 0 Å². The summed E-state index contributed by atoms with van der Waals surface area (Å²) >= 11 is 0. The first-order chi connectivity index (χ1) is 4.31. The lowest BCUT2D eigenvalue weighted by molar-refractivity contribution is -0.124. The fourth-order valence-electron chi connectivity index (χ4n) is 0.291. The van der Waals surface area contributed by atoms with E-state index in [4.69, 9.17) is 5.21 Å². The molecule has 9 heavy (non-hydrogen) atoms. The Hall–Kier alpha value is -1.09. The zero-order valence-corrected chi connectivity index (χ0v) is 5.16. The summed E-state index contributed by atoms with van der Waals surface area (Å²) in [5.74, 6) is -0.520. The Bertz CT molecular complexity index is 138. The Morgan fingerprint density at radius 3 is 2.67 bits per heavy atom. The van der Waals surface area contributed by atoms with Crippen LogP contribution in [-0.2, 0) is 4.79 Å². The fourth-order valence-corrected chi connectivity index (χ4v) is 0.291. The number of hydrogen-bond donors (Lipinski definition) is 2. The number of rotatable bonds is 2. The Labute approximate surface area is 53.6 Å². The Balaban J connectivity index is 3.57. The molecule has 0 saturated carbocycles. The minimum Gasteiger partial charge on any atom is -0.288 e. The van der Waals surface area contributed by atoms with Crippen LogP contribution < -0.4 is 5.48 Å². The van der Waals surface area contributed by atoms with E-state index in [2.05, 4.69) is 0 Å². The third-order valence-electron chi connectivity index (χ3n) is 0.661. The van der Waals surface area contributed by atoms with Crippen molar-refractivity contribution < 1.29 is 10.0 Å². The summed E-state index contributed by atoms with van der Waals surface area (Å²) in [6.45, 7) is 1.83. The van der Waals surface area contributed by atoms with Crippen LogP contribution in [0.4, 0.5) is 0 Å². The van der Waals surface area contributed by atoms with E-state index in [1.54, 1.807) is 12.2 Å². The lowest BCUT2D eigenvalue weighted by atomic mass is 10.4. The number of allylic oxidation sites excluding steroid dienone is 3. The molecule has 0 aromatic heterocycles. The van der Waals surface area contributed by atoms with Gasteiger partial charge in [-0.15, -0.1) is 0 Å². The molecule has 0 rings (SSSR count). The number of carbonyl (C=O) groups excluding carboxylic acids is 1. The second-order valence-corrected chi connectivity index (χ2v) is 1.36. The van der Waals surface area contributed by atoms with E-state index in [0.717, 1.165) is 0 Å². The number of carbonyl (C=O) groups is 1. The summed E-state index contributed by atoms with van der Waals surface area (Å²) in [6.07, 6.45) is 6.22. The van der Waals surface area contributed by atoms with Crippen LogP contribution in [0.25, 0.3) is 0 Å². The molecule has 0 radical (unpaired) electrons. The molecule has 50 valence electrons. The molecule has 0 aliphatic heterocycles. The van der Waals surface area contributed by atoms with Crippen molar-refractivity contribution >= 4 is 5.91 Å². The van der Waals surface area contributed by atoms with Gasteiger partial charge in [0.05, 0.1) is 0 Å². The van der Waals surface area contributed by atoms with Crippen LogP contribution in [0.5, 0.6) is 0 Å². The van der Waals surface area contributed by atoms with Gasteiger partial charge in [-0.05, 0) is 6.92 Å². The molecule has 0 unspecified atom stereocenters. The topological polar surface area (TPSA) is 49.3 Å². The third-order valence-corrected chi connectivity index (χ3v) is 0.661. The molecule has 3 heteroatoms. The zero-order valence-electron chi connectivity index (χ0n) is 5.16. The first-order valence-electron chi connectivity index (χ1n) is 2.54. The average Bonchev–Trinajstić information content (AvgIpc) is 1.89. The highest BCUT2D eigenvalue weighted by Gasteiger charge is 1.84. The summed E-state index contributed by atoms with van der Waals surface area (Å²) < 4.78 is 0. The smallest absolute Gasteiger partial charge is 0.267 e. The van der Waals surface area contributed by atoms with Crippen molar-refractivity contribution in [3.05, 3.63) is 24.3 Å². The first kappa shape index (κ1) is 7.91. The molecule has 2 N–H and O–H groups in total. The average molecular weight is 127 g/mol. The molecule has 0 spiro atoms. The highest BCUT2D eigenvalue weighted by atomic mass is 16.5. The highest BCUT2D eigenvalue weighted by molar-refractivity contribution is 5.86. The lowest BCUT2D eigenvalue weighted by Crippen LogP contribution is -2.14. The van der Waals surface area contributed by atoms with Crippen molar-refractivity contribution in [2.24, 2.45) is 0 Å². The normalized spacial score (nSPS) is 10.9. The zero-order chi connectivity index (χ0) is 7.11. The predicted molar refractivity (Wildman–Crippen MR) is 33.9 cm³/mol. The van der Waals surface area contributed by atoms with Crippen molar-refractivity contribution in [2.75, 3.05) is 0 Å². The molecule has 0 fully saturated rings. The SMILES string of the molecule is CC=CC=CC(=O)NO. The van der Waals surface area contributed by atoms with E-state index in [9.17, 15) is 4.79 Å². The summed E-state index contributed by atoms with van der Waals surface area (Å²) in [5, 5.41) is 7.96. The molecule has 0 saturated heterocycles. The van der Waals surface area contributed by atoms with Crippen LogP contribution in [0.1, 0.15) is 6.92 Å². The van der Waals surface area contributed by atoms with Gasteiger partial charge in [0.1, 0.15) is 0 Å². The van der Waals surface area contributed by atoms with Crippen LogP contribution in [0, 0.1) is 0 Å². The monoisotopic (exact) mass is 127 g/mol. The molecule has 0 bridgehead atoms. The van der Waals surface area contributed by atoms with Crippen LogP contribution in [-0.4, -0.2) is 11.1 Å². The third kappa shape index (κ3) is 4.77. The van der Waals surface area contributed by atoms with Gasteiger partial charge in [0.2, 0.25) is 0 Å². The molecule has 0 atom stereocenters. The minimum atomic E-state index is -0.520. The van der Waals surface area contributed by atoms with Crippen molar-refractivity contribution in [3.63, 3.8) is 0 Å². The molecule has 0 heterocycles. The van der Waals surface area contributed by atoms with Gasteiger partial charge < -0.3 is 0 Å². The van der Waals surface area contributed by atoms with Crippen LogP contribution in [0.2, 0.25) is 0 Å². The van der Waals surface area contributed by atoms with Gasteiger partial charge in [0.25, 0.3) is 5.91 Å². The standard InChI is InChI=1S/C6H9NO2/c1-2-3-4-5-6(8)7-9/h2-5,9H,1H3,(H,7,8). The predicted octanol–water partition coefficient (Wildman–Crippen LogP) is 0.624. The molecule has 0 aromatic rings. The van der Waals surface area contributed by atoms with Gasteiger partial charge in [-0.3, -0.25) is 10.0 Å². The summed E-state index contributed by atoms with van der Waals surface area (Å²) in [7, 11) is 0. The van der Waals surface area contributed by atoms with E-state index in [-0.39, 0.29) is 0 Å². The van der Waals surface area contributed by atoms with E-state index >= 15 is 0 Å². The maximum atomic E-state index is 10.2. The molecule has 0 aliphatic carbocycles. The van der Waals surface area contributed by atoms with Gasteiger partial charge in [0.15, 0.2) is 0 Å². The van der Waals surface area contributed by atoms with Crippen LogP contribution in [0.3, 0.4) is 0 Å². The Morgan fingerprint density at radius 1 is 1.56 bits per heavy atom. The fraction of sp³-hybridized carbons (Fsp3) is 0.167. The first-order valence-corrected chi connectivity index (χ1v) is 2.54. The highest BCUT2D eigenvalue weighted by Crippen LogP contribution is 1.74. The number of amides is 1. The van der Waals surface area contributed by atoms with Crippen molar-refractivity contribution in [1.82, 2.24) is 5.48 Å².